The summed E-state index contributed by atoms with van der Waals surface area (Å²) in [5, 5.41) is 1.58. The van der Waals surface area contributed by atoms with Gasteiger partial charge in [0.15, 0.2) is 0 Å². The number of anilines is 1. The molecule has 35 heavy (non-hydrogen) atoms. The topological polar surface area (TPSA) is 93.3 Å². The number of carbonyl (C=O) groups excluding carboxylic acids is 1. The zero-order valence-electron chi connectivity index (χ0n) is 19.4. The molecular weight excluding hydrogens is 476 g/mol. The number of amidine groups is 1. The number of aliphatic imine (C=N–C) groups is 1. The first-order valence-corrected chi connectivity index (χ1v) is 11.7. The molecule has 2 aromatic rings. The first-order valence-electron chi connectivity index (χ1n) is 11.2. The Hall–Kier alpha value is -3.02. The SMILES string of the molecule is CC(=NC(=O)c1ccnc(N2CCOCC2)c1)N(CCCN)/C(=C\S)c1ccc(OC(F)F)cc1. The van der Waals surface area contributed by atoms with E-state index in [2.05, 4.69) is 32.2 Å². The van der Waals surface area contributed by atoms with Gasteiger partial charge in [-0.1, -0.05) is 0 Å². The zero-order chi connectivity index (χ0) is 25.2. The van der Waals surface area contributed by atoms with Gasteiger partial charge in [-0.3, -0.25) is 4.79 Å². The maximum Gasteiger partial charge on any atom is 0.387 e. The highest BCUT2D eigenvalue weighted by molar-refractivity contribution is 7.83. The van der Waals surface area contributed by atoms with Gasteiger partial charge in [-0.15, -0.1) is 12.6 Å². The Labute approximate surface area is 208 Å². The van der Waals surface area contributed by atoms with Crippen molar-refractivity contribution in [1.29, 1.82) is 0 Å². The molecule has 1 fully saturated rings. The normalized spacial score (nSPS) is 14.9. The fourth-order valence-corrected chi connectivity index (χ4v) is 3.89. The third-order valence-electron chi connectivity index (χ3n) is 5.36. The minimum atomic E-state index is -2.90. The summed E-state index contributed by atoms with van der Waals surface area (Å²) >= 11 is 4.35. The van der Waals surface area contributed by atoms with Crippen molar-refractivity contribution < 1.29 is 23.0 Å². The van der Waals surface area contributed by atoms with Gasteiger partial charge in [0.05, 0.1) is 18.9 Å². The summed E-state index contributed by atoms with van der Waals surface area (Å²) in [6.45, 7) is 2.38. The molecule has 0 spiro atoms. The van der Waals surface area contributed by atoms with Gasteiger partial charge in [-0.25, -0.2) is 4.98 Å². The maximum absolute atomic E-state index is 13.0. The van der Waals surface area contributed by atoms with Gasteiger partial charge in [0.1, 0.15) is 17.4 Å². The molecule has 2 N–H and O–H groups in total. The van der Waals surface area contributed by atoms with Crippen LogP contribution in [0, 0.1) is 0 Å². The number of pyridine rings is 1. The van der Waals surface area contributed by atoms with Gasteiger partial charge < -0.3 is 25.0 Å². The van der Waals surface area contributed by atoms with Crippen LogP contribution in [-0.4, -0.2) is 67.6 Å². The Morgan fingerprint density at radius 2 is 2.00 bits per heavy atom. The third-order valence-corrected chi connectivity index (χ3v) is 5.60. The number of hydrogen-bond donors (Lipinski definition) is 2. The molecule has 2 heterocycles. The van der Waals surface area contributed by atoms with Gasteiger partial charge in [0.25, 0.3) is 5.91 Å². The number of nitrogens with zero attached hydrogens (tertiary/aromatic N) is 4. The third kappa shape index (κ3) is 7.48. The van der Waals surface area contributed by atoms with E-state index in [1.54, 1.807) is 42.8 Å². The van der Waals surface area contributed by atoms with Gasteiger partial charge in [0, 0.05) is 31.4 Å². The van der Waals surface area contributed by atoms with Crippen molar-refractivity contribution >= 4 is 35.9 Å². The number of morpholine rings is 1. The van der Waals surface area contributed by atoms with Crippen molar-refractivity contribution in [2.24, 2.45) is 10.7 Å². The number of ether oxygens (including phenoxy) is 2. The molecule has 1 aliphatic rings. The molecule has 0 bridgehead atoms. The standard InChI is InChI=1S/C24H29F2N5O3S/c1-17(29-23(32)19-7-9-28-22(15-19)30-11-13-33-14-12-30)31(10-2-8-27)21(16-35)18-3-5-20(6-4-18)34-24(25)26/h3-7,9,15-16,24,35H,2,8,10-14,27H2,1H3/b21-16-,29-17?. The Morgan fingerprint density at radius 3 is 2.63 bits per heavy atom. The van der Waals surface area contributed by atoms with E-state index in [0.29, 0.717) is 74.3 Å². The van der Waals surface area contributed by atoms with Crippen LogP contribution in [0.5, 0.6) is 5.75 Å². The van der Waals surface area contributed by atoms with Crippen molar-refractivity contribution in [2.45, 2.75) is 20.0 Å². The minimum absolute atomic E-state index is 0.0464. The van der Waals surface area contributed by atoms with Crippen LogP contribution in [-0.2, 0) is 4.74 Å². The van der Waals surface area contributed by atoms with E-state index in [4.69, 9.17) is 10.5 Å². The summed E-state index contributed by atoms with van der Waals surface area (Å²) in [4.78, 5) is 25.6. The molecule has 1 saturated heterocycles. The number of thiol groups is 1. The zero-order valence-corrected chi connectivity index (χ0v) is 20.3. The number of aromatic nitrogens is 1. The highest BCUT2D eigenvalue weighted by Gasteiger charge is 2.18. The van der Waals surface area contributed by atoms with E-state index in [9.17, 15) is 13.6 Å². The summed E-state index contributed by atoms with van der Waals surface area (Å²) in [6, 6.07) is 9.53. The van der Waals surface area contributed by atoms with Gasteiger partial charge in [0.2, 0.25) is 0 Å². The summed E-state index contributed by atoms with van der Waals surface area (Å²) in [7, 11) is 0. The molecule has 1 aromatic carbocycles. The predicted molar refractivity (Wildman–Crippen MR) is 135 cm³/mol. The van der Waals surface area contributed by atoms with Crippen LogP contribution in [0.15, 0.2) is 53.0 Å². The van der Waals surface area contributed by atoms with Crippen molar-refractivity contribution in [1.82, 2.24) is 9.88 Å². The average Bonchev–Trinajstić information content (AvgIpc) is 2.87. The quantitative estimate of drug-likeness (QED) is 0.305. The highest BCUT2D eigenvalue weighted by Crippen LogP contribution is 2.25. The Kier molecular flexibility index (Phi) is 10.0. The van der Waals surface area contributed by atoms with Crippen LogP contribution in [0.25, 0.3) is 5.70 Å². The van der Waals surface area contributed by atoms with E-state index in [0.717, 1.165) is 0 Å². The van der Waals surface area contributed by atoms with Crippen molar-refractivity contribution in [2.75, 3.05) is 44.3 Å². The lowest BCUT2D eigenvalue weighted by Gasteiger charge is -2.28. The lowest BCUT2D eigenvalue weighted by Crippen LogP contribution is -2.36. The first-order chi connectivity index (χ1) is 16.9. The number of nitrogens with two attached hydrogens (primary N) is 1. The Bertz CT molecular complexity index is 1040. The van der Waals surface area contributed by atoms with Crippen LogP contribution < -0.4 is 15.4 Å². The number of benzene rings is 1. The second kappa shape index (κ2) is 13.2. The number of amides is 1. The second-order valence-corrected chi connectivity index (χ2v) is 7.94. The van der Waals surface area contributed by atoms with E-state index in [1.165, 1.54) is 12.1 Å². The summed E-state index contributed by atoms with van der Waals surface area (Å²) < 4.78 is 34.8. The largest absolute Gasteiger partial charge is 0.435 e. The fourth-order valence-electron chi connectivity index (χ4n) is 3.60. The minimum Gasteiger partial charge on any atom is -0.435 e. The molecule has 0 saturated carbocycles. The summed E-state index contributed by atoms with van der Waals surface area (Å²) in [6.07, 6.45) is 2.23. The van der Waals surface area contributed by atoms with E-state index in [1.807, 2.05) is 4.90 Å². The van der Waals surface area contributed by atoms with Crippen LogP contribution in [0.2, 0.25) is 0 Å². The molecule has 1 aromatic heterocycles. The maximum atomic E-state index is 13.0. The smallest absolute Gasteiger partial charge is 0.387 e. The molecule has 1 aliphatic heterocycles. The number of hydrogen-bond acceptors (Lipinski definition) is 7. The highest BCUT2D eigenvalue weighted by atomic mass is 32.1. The number of carbonyl (C=O) groups is 1. The lowest BCUT2D eigenvalue weighted by molar-refractivity contribution is -0.0498. The van der Waals surface area contributed by atoms with Crippen LogP contribution in [0.3, 0.4) is 0 Å². The number of halogens is 2. The van der Waals surface area contributed by atoms with Gasteiger partial charge in [-0.05, 0) is 67.3 Å². The first kappa shape index (κ1) is 26.6. The average molecular weight is 506 g/mol. The van der Waals surface area contributed by atoms with Crippen molar-refractivity contribution in [3.05, 3.63) is 59.1 Å². The van der Waals surface area contributed by atoms with Crippen molar-refractivity contribution in [3.63, 3.8) is 0 Å². The molecule has 8 nitrogen and oxygen atoms in total. The predicted octanol–water partition coefficient (Wildman–Crippen LogP) is 3.66. The van der Waals surface area contributed by atoms with Crippen LogP contribution in [0.1, 0.15) is 29.3 Å². The second-order valence-electron chi connectivity index (χ2n) is 7.68. The van der Waals surface area contributed by atoms with E-state index in [-0.39, 0.29) is 5.75 Å². The van der Waals surface area contributed by atoms with E-state index >= 15 is 0 Å². The summed E-state index contributed by atoms with van der Waals surface area (Å²) in [5.74, 6) is 0.789. The van der Waals surface area contributed by atoms with E-state index < -0.39 is 12.5 Å². The fraction of sp³-hybridized carbons (Fsp3) is 0.375. The number of rotatable bonds is 9. The summed E-state index contributed by atoms with van der Waals surface area (Å²) in [5.41, 5.74) is 7.48. The number of alkyl halides is 2. The monoisotopic (exact) mass is 505 g/mol. The Morgan fingerprint density at radius 1 is 1.29 bits per heavy atom. The van der Waals surface area contributed by atoms with Gasteiger partial charge in [-0.2, -0.15) is 13.8 Å². The lowest BCUT2D eigenvalue weighted by atomic mass is 10.1. The molecule has 0 atom stereocenters. The van der Waals surface area contributed by atoms with Crippen LogP contribution >= 0.6 is 12.6 Å². The van der Waals surface area contributed by atoms with Gasteiger partial charge >= 0.3 is 6.61 Å². The molecule has 188 valence electrons. The molecule has 3 rings (SSSR count). The molecule has 1 amide bonds. The molecule has 11 heteroatoms. The molecule has 0 radical (unpaired) electrons. The molecule has 0 unspecified atom stereocenters. The molecule has 0 aliphatic carbocycles. The molecular formula is C24H29F2N5O3S. The Balaban J connectivity index is 1.83. The van der Waals surface area contributed by atoms with Crippen molar-refractivity contribution in [3.8, 4) is 5.75 Å². The van der Waals surface area contributed by atoms with Crippen LogP contribution in [0.4, 0.5) is 14.6 Å².